The zero-order chi connectivity index (χ0) is 17.9. The maximum atomic E-state index is 11.9. The van der Waals surface area contributed by atoms with Gasteiger partial charge in [0.1, 0.15) is 5.75 Å². The molecule has 2 fully saturated rings. The number of benzene rings is 1. The molecule has 1 atom stereocenters. The molecule has 4 rings (SSSR count). The summed E-state index contributed by atoms with van der Waals surface area (Å²) in [5.41, 5.74) is 3.07. The van der Waals surface area contributed by atoms with Crippen LogP contribution in [0.25, 0.3) is 10.9 Å². The number of rotatable bonds is 7. The van der Waals surface area contributed by atoms with Crippen LogP contribution in [0.4, 0.5) is 0 Å². The number of hydrogen-bond acceptors (Lipinski definition) is 4. The largest absolute Gasteiger partial charge is 0.497 e. The average molecular weight is 357 g/mol. The van der Waals surface area contributed by atoms with E-state index >= 15 is 0 Å². The van der Waals surface area contributed by atoms with Crippen LogP contribution in [0.15, 0.2) is 18.2 Å². The monoisotopic (exact) mass is 357 g/mol. The van der Waals surface area contributed by atoms with Crippen molar-refractivity contribution in [2.75, 3.05) is 20.3 Å². The first-order chi connectivity index (χ1) is 12.8. The molecule has 1 aromatic heterocycles. The van der Waals surface area contributed by atoms with Crippen LogP contribution in [0.2, 0.25) is 0 Å². The lowest BCUT2D eigenvalue weighted by Crippen LogP contribution is -2.24. The molecule has 1 aliphatic carbocycles. The Labute approximate surface area is 154 Å². The molecule has 5 heteroatoms. The van der Waals surface area contributed by atoms with Crippen molar-refractivity contribution in [3.8, 4) is 5.75 Å². The second kappa shape index (κ2) is 7.80. The summed E-state index contributed by atoms with van der Waals surface area (Å²) >= 11 is 0. The van der Waals surface area contributed by atoms with Crippen molar-refractivity contribution in [2.45, 2.75) is 57.3 Å². The quantitative estimate of drug-likeness (QED) is 0.694. The van der Waals surface area contributed by atoms with E-state index in [9.17, 15) is 4.79 Å². The van der Waals surface area contributed by atoms with Gasteiger partial charge in [-0.05, 0) is 56.2 Å². The summed E-state index contributed by atoms with van der Waals surface area (Å²) in [5.74, 6) is 1.25. The molecule has 26 heavy (non-hydrogen) atoms. The Hall–Kier alpha value is -1.85. The number of fused-ring (bicyclic) bond motifs is 1. The summed E-state index contributed by atoms with van der Waals surface area (Å²) in [6, 6.07) is 5.99. The number of carbonyl (C=O) groups is 1. The van der Waals surface area contributed by atoms with Gasteiger partial charge in [-0.2, -0.15) is 0 Å². The van der Waals surface area contributed by atoms with Crippen LogP contribution in [0.5, 0.6) is 5.75 Å². The summed E-state index contributed by atoms with van der Waals surface area (Å²) in [4.78, 5) is 11.9. The predicted octanol–water partition coefficient (Wildman–Crippen LogP) is 4.27. The first kappa shape index (κ1) is 17.6. The fourth-order valence-electron chi connectivity index (χ4n) is 4.11. The van der Waals surface area contributed by atoms with Crippen LogP contribution >= 0.6 is 0 Å². The third kappa shape index (κ3) is 3.26. The van der Waals surface area contributed by atoms with Crippen molar-refractivity contribution in [3.05, 3.63) is 29.5 Å². The normalized spacial score (nSPS) is 20.9. The summed E-state index contributed by atoms with van der Waals surface area (Å²) < 4.78 is 19.3. The third-order valence-corrected chi connectivity index (χ3v) is 5.72. The lowest BCUT2D eigenvalue weighted by atomic mass is 9.81. The van der Waals surface area contributed by atoms with E-state index in [1.54, 1.807) is 7.11 Å². The van der Waals surface area contributed by atoms with E-state index in [4.69, 9.17) is 14.2 Å². The molecule has 5 nitrogen and oxygen atoms in total. The summed E-state index contributed by atoms with van der Waals surface area (Å²) in [6.07, 6.45) is 7.73. The molecule has 1 saturated carbocycles. The van der Waals surface area contributed by atoms with Crippen molar-refractivity contribution in [3.63, 3.8) is 0 Å². The van der Waals surface area contributed by atoms with E-state index in [1.165, 1.54) is 18.5 Å². The predicted molar refractivity (Wildman–Crippen MR) is 100 cm³/mol. The standard InChI is InChI=1S/C21H27NO4/c1-24-16-8-9-19-17(13-16)18(14-23)21(15-5-4-6-15)22(19)10-12-26-20-7-2-3-11-25-20/h8-9,13-15,20H,2-7,10-12H2,1H3. The molecule has 2 aromatic rings. The van der Waals surface area contributed by atoms with Crippen LogP contribution < -0.4 is 4.74 Å². The average Bonchev–Trinajstić information content (AvgIpc) is 2.94. The van der Waals surface area contributed by atoms with Crippen LogP contribution in [-0.4, -0.2) is 37.5 Å². The van der Waals surface area contributed by atoms with Crippen molar-refractivity contribution >= 4 is 17.2 Å². The highest BCUT2D eigenvalue weighted by Gasteiger charge is 2.28. The summed E-state index contributed by atoms with van der Waals surface area (Å²) in [5, 5.41) is 0.982. The lowest BCUT2D eigenvalue weighted by Gasteiger charge is -2.28. The number of carbonyl (C=O) groups excluding carboxylic acids is 1. The van der Waals surface area contributed by atoms with Crippen LogP contribution in [0.1, 0.15) is 60.5 Å². The molecule has 1 aromatic carbocycles. The number of aromatic nitrogens is 1. The maximum absolute atomic E-state index is 11.9. The minimum atomic E-state index is -0.0802. The van der Waals surface area contributed by atoms with Gasteiger partial charge in [0, 0.05) is 35.3 Å². The minimum absolute atomic E-state index is 0.0802. The second-order valence-electron chi connectivity index (χ2n) is 7.25. The van der Waals surface area contributed by atoms with Gasteiger partial charge >= 0.3 is 0 Å². The van der Waals surface area contributed by atoms with Gasteiger partial charge in [-0.3, -0.25) is 4.79 Å². The van der Waals surface area contributed by atoms with Crippen LogP contribution in [0, 0.1) is 0 Å². The molecule has 0 bridgehead atoms. The van der Waals surface area contributed by atoms with Gasteiger partial charge < -0.3 is 18.8 Å². The van der Waals surface area contributed by atoms with Gasteiger partial charge in [-0.25, -0.2) is 0 Å². The molecule has 0 N–H and O–H groups in total. The Morgan fingerprint density at radius 2 is 2.12 bits per heavy atom. The first-order valence-electron chi connectivity index (χ1n) is 9.70. The maximum Gasteiger partial charge on any atom is 0.157 e. The van der Waals surface area contributed by atoms with Gasteiger partial charge in [0.2, 0.25) is 0 Å². The Morgan fingerprint density at radius 3 is 2.77 bits per heavy atom. The Bertz CT molecular complexity index is 772. The fourth-order valence-corrected chi connectivity index (χ4v) is 4.11. The molecule has 0 spiro atoms. The van der Waals surface area contributed by atoms with Gasteiger partial charge in [0.05, 0.1) is 13.7 Å². The lowest BCUT2D eigenvalue weighted by molar-refractivity contribution is -0.163. The molecule has 2 aliphatic rings. The molecule has 0 radical (unpaired) electrons. The molecule has 1 unspecified atom stereocenters. The van der Waals surface area contributed by atoms with E-state index < -0.39 is 0 Å². The highest BCUT2D eigenvalue weighted by Crippen LogP contribution is 2.42. The molecule has 0 amide bonds. The van der Waals surface area contributed by atoms with E-state index in [0.717, 1.165) is 67.3 Å². The zero-order valence-corrected chi connectivity index (χ0v) is 15.4. The van der Waals surface area contributed by atoms with E-state index in [-0.39, 0.29) is 6.29 Å². The molecule has 1 aliphatic heterocycles. The van der Waals surface area contributed by atoms with Crippen molar-refractivity contribution in [1.29, 1.82) is 0 Å². The summed E-state index contributed by atoms with van der Waals surface area (Å²) in [7, 11) is 1.66. The van der Waals surface area contributed by atoms with Gasteiger partial charge in [0.15, 0.2) is 12.6 Å². The van der Waals surface area contributed by atoms with Crippen molar-refractivity contribution in [2.24, 2.45) is 0 Å². The van der Waals surface area contributed by atoms with Crippen molar-refractivity contribution in [1.82, 2.24) is 4.57 Å². The second-order valence-corrected chi connectivity index (χ2v) is 7.25. The highest BCUT2D eigenvalue weighted by molar-refractivity contribution is 6.00. The first-order valence-corrected chi connectivity index (χ1v) is 9.70. The third-order valence-electron chi connectivity index (χ3n) is 5.72. The van der Waals surface area contributed by atoms with Gasteiger partial charge in [0.25, 0.3) is 0 Å². The fraction of sp³-hybridized carbons (Fsp3) is 0.571. The van der Waals surface area contributed by atoms with E-state index in [1.807, 2.05) is 12.1 Å². The Kier molecular flexibility index (Phi) is 5.27. The SMILES string of the molecule is COc1ccc2c(c1)c(C=O)c(C1CCC1)n2CCOC1CCCCO1. The molecule has 1 saturated heterocycles. The van der Waals surface area contributed by atoms with Crippen LogP contribution in [0.3, 0.4) is 0 Å². The summed E-state index contributed by atoms with van der Waals surface area (Å²) in [6.45, 7) is 2.13. The zero-order valence-electron chi connectivity index (χ0n) is 15.4. The smallest absolute Gasteiger partial charge is 0.157 e. The number of methoxy groups -OCH3 is 1. The highest BCUT2D eigenvalue weighted by atomic mass is 16.7. The molecular weight excluding hydrogens is 330 g/mol. The molecular formula is C21H27NO4. The molecule has 140 valence electrons. The van der Waals surface area contributed by atoms with Gasteiger partial charge in [-0.15, -0.1) is 0 Å². The van der Waals surface area contributed by atoms with Crippen LogP contribution in [-0.2, 0) is 16.0 Å². The Balaban J connectivity index is 1.63. The number of ether oxygens (including phenoxy) is 3. The van der Waals surface area contributed by atoms with Gasteiger partial charge in [-0.1, -0.05) is 6.42 Å². The number of aldehydes is 1. The van der Waals surface area contributed by atoms with Crippen molar-refractivity contribution < 1.29 is 19.0 Å². The Morgan fingerprint density at radius 1 is 1.23 bits per heavy atom. The number of nitrogens with zero attached hydrogens (tertiary/aromatic N) is 1. The van der Waals surface area contributed by atoms with E-state index in [0.29, 0.717) is 12.5 Å². The minimum Gasteiger partial charge on any atom is -0.497 e. The number of hydrogen-bond donors (Lipinski definition) is 0. The molecule has 2 heterocycles. The van der Waals surface area contributed by atoms with E-state index in [2.05, 4.69) is 10.6 Å². The topological polar surface area (TPSA) is 49.7 Å².